The molecule has 2 amide bonds. The number of hydrogen-bond donors (Lipinski definition) is 1. The molecule has 0 aliphatic heterocycles. The highest BCUT2D eigenvalue weighted by Gasteiger charge is 2.17. The fourth-order valence-corrected chi connectivity index (χ4v) is 2.44. The maximum absolute atomic E-state index is 13.2. The van der Waals surface area contributed by atoms with Crippen molar-refractivity contribution in [3.8, 4) is 0 Å². The van der Waals surface area contributed by atoms with Gasteiger partial charge in [-0.2, -0.15) is 0 Å². The first-order valence-electron chi connectivity index (χ1n) is 8.17. The first kappa shape index (κ1) is 19.6. The van der Waals surface area contributed by atoms with E-state index < -0.39 is 17.6 Å². The van der Waals surface area contributed by atoms with Crippen LogP contribution in [0.1, 0.15) is 30.9 Å². The fraction of sp³-hybridized carbons (Fsp3) is 0.143. The minimum atomic E-state index is -0.575. The summed E-state index contributed by atoms with van der Waals surface area (Å²) in [5.41, 5.74) is 1.80. The minimum Gasteiger partial charge on any atom is -0.288 e. The summed E-state index contributed by atoms with van der Waals surface area (Å²) in [5, 5.41) is 2.91. The molecule has 0 aliphatic carbocycles. The zero-order valence-electron chi connectivity index (χ0n) is 14.4. The molecular formula is C21H19ClFNO2. The summed E-state index contributed by atoms with van der Waals surface area (Å²) in [6, 6.07) is 12.4. The third-order valence-corrected chi connectivity index (χ3v) is 3.93. The van der Waals surface area contributed by atoms with Crippen LogP contribution in [0, 0.1) is 5.82 Å². The standard InChI is InChI=1S/C21H19ClFNO2/c1-3-4-14(2)20(25)24-21(26)19(16-7-11-18(23)12-8-16)13-15-5-9-17(22)10-6-15/h5-13H,2-4H2,1H3,(H,24,25,26)/b19-13+. The Morgan fingerprint density at radius 1 is 1.08 bits per heavy atom. The quantitative estimate of drug-likeness (QED) is 0.572. The Morgan fingerprint density at radius 2 is 1.69 bits per heavy atom. The summed E-state index contributed by atoms with van der Waals surface area (Å²) in [6.45, 7) is 5.61. The number of hydrogen-bond acceptors (Lipinski definition) is 2. The highest BCUT2D eigenvalue weighted by atomic mass is 35.5. The first-order valence-corrected chi connectivity index (χ1v) is 8.55. The third kappa shape index (κ3) is 5.39. The van der Waals surface area contributed by atoms with Crippen LogP contribution in [0.25, 0.3) is 11.6 Å². The van der Waals surface area contributed by atoms with E-state index in [9.17, 15) is 14.0 Å². The summed E-state index contributed by atoms with van der Waals surface area (Å²) >= 11 is 5.88. The second-order valence-corrected chi connectivity index (χ2v) is 6.19. The van der Waals surface area contributed by atoms with Gasteiger partial charge in [0.15, 0.2) is 0 Å². The number of rotatable bonds is 6. The predicted molar refractivity (Wildman–Crippen MR) is 103 cm³/mol. The first-order chi connectivity index (χ1) is 12.4. The average Bonchev–Trinajstić information content (AvgIpc) is 2.62. The molecule has 0 saturated heterocycles. The summed E-state index contributed by atoms with van der Waals surface area (Å²) in [4.78, 5) is 24.8. The molecule has 0 aliphatic rings. The molecule has 0 saturated carbocycles. The monoisotopic (exact) mass is 371 g/mol. The lowest BCUT2D eigenvalue weighted by Crippen LogP contribution is -2.32. The molecule has 0 atom stereocenters. The van der Waals surface area contributed by atoms with Crippen LogP contribution in [-0.2, 0) is 9.59 Å². The van der Waals surface area contributed by atoms with Crippen LogP contribution >= 0.6 is 11.6 Å². The van der Waals surface area contributed by atoms with Crippen LogP contribution in [0.5, 0.6) is 0 Å². The van der Waals surface area contributed by atoms with Crippen molar-refractivity contribution in [1.29, 1.82) is 0 Å². The zero-order chi connectivity index (χ0) is 19.1. The number of amides is 2. The van der Waals surface area contributed by atoms with Gasteiger partial charge in [0.1, 0.15) is 5.82 Å². The highest BCUT2D eigenvalue weighted by molar-refractivity contribution is 6.31. The minimum absolute atomic E-state index is 0.241. The van der Waals surface area contributed by atoms with E-state index in [1.165, 1.54) is 24.3 Å². The lowest BCUT2D eigenvalue weighted by molar-refractivity contribution is -0.125. The smallest absolute Gasteiger partial charge is 0.258 e. The van der Waals surface area contributed by atoms with Crippen molar-refractivity contribution in [2.45, 2.75) is 19.8 Å². The number of carbonyl (C=O) groups excluding carboxylic acids is 2. The molecule has 0 bridgehead atoms. The molecule has 0 unspecified atom stereocenters. The summed E-state index contributed by atoms with van der Waals surface area (Å²) in [6.07, 6.45) is 2.88. The van der Waals surface area contributed by atoms with E-state index in [0.29, 0.717) is 22.6 Å². The second-order valence-electron chi connectivity index (χ2n) is 5.75. The lowest BCUT2D eigenvalue weighted by atomic mass is 10.0. The summed E-state index contributed by atoms with van der Waals surface area (Å²) < 4.78 is 13.2. The van der Waals surface area contributed by atoms with Gasteiger partial charge in [-0.1, -0.05) is 55.8 Å². The highest BCUT2D eigenvalue weighted by Crippen LogP contribution is 2.21. The van der Waals surface area contributed by atoms with Gasteiger partial charge in [-0.15, -0.1) is 0 Å². The average molecular weight is 372 g/mol. The topological polar surface area (TPSA) is 46.2 Å². The van der Waals surface area contributed by atoms with Crippen LogP contribution in [-0.4, -0.2) is 11.8 Å². The van der Waals surface area contributed by atoms with E-state index in [4.69, 9.17) is 11.6 Å². The van der Waals surface area contributed by atoms with E-state index >= 15 is 0 Å². The SMILES string of the molecule is C=C(CCC)C(=O)NC(=O)/C(=C/c1ccc(Cl)cc1)c1ccc(F)cc1. The Kier molecular flexibility index (Phi) is 6.87. The molecule has 0 heterocycles. The summed E-state index contributed by atoms with van der Waals surface area (Å²) in [7, 11) is 0. The van der Waals surface area contributed by atoms with Crippen molar-refractivity contribution < 1.29 is 14.0 Å². The van der Waals surface area contributed by atoms with Gasteiger partial charge in [-0.05, 0) is 47.9 Å². The molecule has 1 N–H and O–H groups in total. The molecular weight excluding hydrogens is 353 g/mol. The Balaban J connectivity index is 2.35. The molecule has 2 aromatic rings. The van der Waals surface area contributed by atoms with Crippen molar-refractivity contribution >= 4 is 35.1 Å². The van der Waals surface area contributed by atoms with Crippen LogP contribution < -0.4 is 5.32 Å². The van der Waals surface area contributed by atoms with Gasteiger partial charge in [0, 0.05) is 16.2 Å². The van der Waals surface area contributed by atoms with Gasteiger partial charge in [-0.3, -0.25) is 14.9 Å². The van der Waals surface area contributed by atoms with Gasteiger partial charge in [0.2, 0.25) is 0 Å². The Morgan fingerprint density at radius 3 is 2.27 bits per heavy atom. The van der Waals surface area contributed by atoms with Gasteiger partial charge >= 0.3 is 0 Å². The maximum Gasteiger partial charge on any atom is 0.258 e. The number of nitrogens with one attached hydrogen (secondary N) is 1. The van der Waals surface area contributed by atoms with Gasteiger partial charge in [0.25, 0.3) is 11.8 Å². The zero-order valence-corrected chi connectivity index (χ0v) is 15.1. The normalized spacial score (nSPS) is 11.1. The van der Waals surface area contributed by atoms with Gasteiger partial charge < -0.3 is 0 Å². The Labute approximate surface area is 157 Å². The molecule has 0 spiro atoms. The van der Waals surface area contributed by atoms with Crippen molar-refractivity contribution in [2.75, 3.05) is 0 Å². The molecule has 2 aromatic carbocycles. The second kappa shape index (κ2) is 9.11. The van der Waals surface area contributed by atoms with E-state index in [-0.39, 0.29) is 5.57 Å². The van der Waals surface area contributed by atoms with E-state index in [1.54, 1.807) is 30.3 Å². The number of imide groups is 1. The Hall–Kier alpha value is -2.72. The third-order valence-electron chi connectivity index (χ3n) is 3.68. The predicted octanol–water partition coefficient (Wildman–Crippen LogP) is 5.02. The molecule has 0 aromatic heterocycles. The van der Waals surface area contributed by atoms with Gasteiger partial charge in [-0.25, -0.2) is 4.39 Å². The number of halogens is 2. The molecule has 26 heavy (non-hydrogen) atoms. The summed E-state index contributed by atoms with van der Waals surface area (Å²) in [5.74, 6) is -1.50. The molecule has 3 nitrogen and oxygen atoms in total. The van der Waals surface area contributed by atoms with Crippen LogP contribution in [0.15, 0.2) is 60.7 Å². The molecule has 134 valence electrons. The van der Waals surface area contributed by atoms with Crippen LogP contribution in [0.2, 0.25) is 5.02 Å². The molecule has 0 radical (unpaired) electrons. The molecule has 0 fully saturated rings. The molecule has 2 rings (SSSR count). The Bertz CT molecular complexity index is 839. The largest absolute Gasteiger partial charge is 0.288 e. The number of benzene rings is 2. The van der Waals surface area contributed by atoms with E-state index in [0.717, 1.165) is 12.0 Å². The van der Waals surface area contributed by atoms with Crippen molar-refractivity contribution in [2.24, 2.45) is 0 Å². The van der Waals surface area contributed by atoms with E-state index in [1.807, 2.05) is 6.92 Å². The lowest BCUT2D eigenvalue weighted by Gasteiger charge is -2.10. The van der Waals surface area contributed by atoms with E-state index in [2.05, 4.69) is 11.9 Å². The van der Waals surface area contributed by atoms with Crippen LogP contribution in [0.4, 0.5) is 4.39 Å². The van der Waals surface area contributed by atoms with Crippen molar-refractivity contribution in [1.82, 2.24) is 5.32 Å². The molecule has 5 heteroatoms. The fourth-order valence-electron chi connectivity index (χ4n) is 2.31. The maximum atomic E-state index is 13.2. The van der Waals surface area contributed by atoms with Crippen molar-refractivity contribution in [3.63, 3.8) is 0 Å². The number of carbonyl (C=O) groups is 2. The van der Waals surface area contributed by atoms with Gasteiger partial charge in [0.05, 0.1) is 0 Å². The van der Waals surface area contributed by atoms with Crippen LogP contribution in [0.3, 0.4) is 0 Å². The van der Waals surface area contributed by atoms with Crippen molar-refractivity contribution in [3.05, 3.63) is 82.6 Å².